The molecule has 0 heterocycles. The quantitative estimate of drug-likeness (QED) is 0.264. The zero-order valence-electron chi connectivity index (χ0n) is 16.3. The van der Waals surface area contributed by atoms with Crippen molar-refractivity contribution >= 4 is 33.1 Å². The number of halogens is 2. The van der Waals surface area contributed by atoms with Crippen LogP contribution in [0.5, 0.6) is 5.75 Å². The number of urea groups is 1. The molecule has 8 heteroatoms. The number of ether oxygens (including phenoxy) is 1. The van der Waals surface area contributed by atoms with E-state index < -0.39 is 11.6 Å². The van der Waals surface area contributed by atoms with Crippen molar-refractivity contribution in [2.45, 2.75) is 19.4 Å². The van der Waals surface area contributed by atoms with Crippen molar-refractivity contribution in [3.63, 3.8) is 0 Å². The predicted octanol–water partition coefficient (Wildman–Crippen LogP) is 4.56. The van der Waals surface area contributed by atoms with Crippen LogP contribution in [-0.2, 0) is 0 Å². The van der Waals surface area contributed by atoms with Gasteiger partial charge in [0.1, 0.15) is 5.75 Å². The Morgan fingerprint density at radius 3 is 2.79 bits per heavy atom. The SMILES string of the molecule is C=C(NC(=O)N=Cc1cccc(OC(C)(F)P)c1)/C(=C/C(=C\C)CNC)CCl. The standard InChI is InChI=1S/C20H26ClFN3O2P/c1-5-15(12-23-4)9-17(11-21)14(2)25-19(26)24-13-16-7-6-8-18(10-16)27-20(3,22)28/h5-10,13,23H,2,11-12,28H2,1,3-4H3,(H,25,26)/b15-5+,17-9+,24-13?. The maximum absolute atomic E-state index is 13.5. The first-order valence-electron chi connectivity index (χ1n) is 8.56. The van der Waals surface area contributed by atoms with Crippen molar-refractivity contribution in [2.75, 3.05) is 19.5 Å². The number of hydrogen-bond donors (Lipinski definition) is 2. The van der Waals surface area contributed by atoms with E-state index in [4.69, 9.17) is 16.3 Å². The number of likely N-dealkylation sites (N-methyl/N-ethyl adjacent to an activating group) is 1. The highest BCUT2D eigenvalue weighted by atomic mass is 35.5. The zero-order chi connectivity index (χ0) is 21.2. The molecule has 28 heavy (non-hydrogen) atoms. The second kappa shape index (κ2) is 11.7. The number of amides is 2. The fraction of sp³-hybridized carbons (Fsp3) is 0.300. The number of alkyl halides is 2. The number of carbonyl (C=O) groups excluding carboxylic acids is 1. The highest BCUT2D eigenvalue weighted by molar-refractivity contribution is 7.18. The largest absolute Gasteiger partial charge is 0.455 e. The predicted molar refractivity (Wildman–Crippen MR) is 118 cm³/mol. The third-order valence-corrected chi connectivity index (χ3v) is 3.81. The monoisotopic (exact) mass is 425 g/mol. The molecule has 0 aromatic heterocycles. The Morgan fingerprint density at radius 2 is 2.21 bits per heavy atom. The Kier molecular flexibility index (Phi) is 10.1. The summed E-state index contributed by atoms with van der Waals surface area (Å²) >= 11 is 5.98. The van der Waals surface area contributed by atoms with E-state index in [9.17, 15) is 9.18 Å². The minimum absolute atomic E-state index is 0.195. The first-order valence-corrected chi connectivity index (χ1v) is 9.67. The van der Waals surface area contributed by atoms with Gasteiger partial charge >= 0.3 is 6.03 Å². The molecule has 152 valence electrons. The summed E-state index contributed by atoms with van der Waals surface area (Å²) in [6.45, 7) is 7.71. The second-order valence-corrected chi connectivity index (χ2v) is 7.32. The normalized spacial score (nSPS) is 14.6. The summed E-state index contributed by atoms with van der Waals surface area (Å²) in [6, 6.07) is 6.00. The van der Waals surface area contributed by atoms with E-state index in [1.165, 1.54) is 13.1 Å². The molecular formula is C20H26ClFN3O2P. The topological polar surface area (TPSA) is 62.7 Å². The number of nitrogens with zero attached hydrogens (tertiary/aromatic N) is 1. The molecule has 2 atom stereocenters. The van der Waals surface area contributed by atoms with Crippen LogP contribution in [0, 0.1) is 0 Å². The maximum atomic E-state index is 13.5. The maximum Gasteiger partial charge on any atom is 0.345 e. The van der Waals surface area contributed by atoms with E-state index in [2.05, 4.69) is 22.2 Å². The van der Waals surface area contributed by atoms with Crippen LogP contribution in [0.2, 0.25) is 0 Å². The molecule has 1 aromatic carbocycles. The van der Waals surface area contributed by atoms with Gasteiger partial charge in [-0.05, 0) is 42.8 Å². The lowest BCUT2D eigenvalue weighted by Gasteiger charge is -2.16. The van der Waals surface area contributed by atoms with Crippen LogP contribution < -0.4 is 15.4 Å². The smallest absolute Gasteiger partial charge is 0.345 e. The molecule has 5 nitrogen and oxygen atoms in total. The Morgan fingerprint density at radius 1 is 1.50 bits per heavy atom. The number of aliphatic imine (C=N–C) groups is 1. The zero-order valence-corrected chi connectivity index (χ0v) is 18.2. The average Bonchev–Trinajstić information content (AvgIpc) is 2.62. The van der Waals surface area contributed by atoms with Crippen LogP contribution in [0.3, 0.4) is 0 Å². The lowest BCUT2D eigenvalue weighted by atomic mass is 10.1. The highest BCUT2D eigenvalue weighted by Crippen LogP contribution is 2.25. The van der Waals surface area contributed by atoms with Gasteiger partial charge in [-0.25, -0.2) is 9.79 Å². The van der Waals surface area contributed by atoms with Gasteiger partial charge in [0.15, 0.2) is 0 Å². The van der Waals surface area contributed by atoms with Gasteiger partial charge in [0.05, 0.1) is 0 Å². The summed E-state index contributed by atoms with van der Waals surface area (Å²) in [5, 5.41) is 5.65. The number of benzene rings is 1. The van der Waals surface area contributed by atoms with Gasteiger partial charge in [0.25, 0.3) is 5.60 Å². The molecule has 2 N–H and O–H groups in total. The third-order valence-electron chi connectivity index (χ3n) is 3.41. The van der Waals surface area contributed by atoms with E-state index in [1.54, 1.807) is 24.3 Å². The van der Waals surface area contributed by atoms with Crippen LogP contribution in [0.4, 0.5) is 9.18 Å². The molecule has 0 radical (unpaired) electrons. The van der Waals surface area contributed by atoms with E-state index in [0.29, 0.717) is 29.1 Å². The molecule has 0 spiro atoms. The van der Waals surface area contributed by atoms with Gasteiger partial charge in [-0.15, -0.1) is 11.6 Å². The van der Waals surface area contributed by atoms with E-state index in [1.807, 2.05) is 35.4 Å². The molecule has 0 fully saturated rings. The first kappa shape index (κ1) is 24.0. The summed E-state index contributed by atoms with van der Waals surface area (Å²) in [7, 11) is 3.80. The molecule has 1 aromatic rings. The number of rotatable bonds is 9. The van der Waals surface area contributed by atoms with Gasteiger partial charge in [-0.2, -0.15) is 4.39 Å². The Bertz CT molecular complexity index is 786. The lowest BCUT2D eigenvalue weighted by molar-refractivity contribution is 0.0473. The number of carbonyl (C=O) groups is 1. The summed E-state index contributed by atoms with van der Waals surface area (Å²) in [6.07, 6.45) is 5.17. The fourth-order valence-corrected chi connectivity index (χ4v) is 2.51. The summed E-state index contributed by atoms with van der Waals surface area (Å²) in [4.78, 5) is 15.9. The minimum atomic E-state index is -1.88. The minimum Gasteiger partial charge on any atom is -0.455 e. The molecule has 0 aliphatic heterocycles. The van der Waals surface area contributed by atoms with Crippen molar-refractivity contribution in [1.29, 1.82) is 0 Å². The molecule has 1 rings (SSSR count). The summed E-state index contributed by atoms with van der Waals surface area (Å²) < 4.78 is 18.7. The van der Waals surface area contributed by atoms with Crippen molar-refractivity contribution < 1.29 is 13.9 Å². The van der Waals surface area contributed by atoms with Crippen molar-refractivity contribution in [2.24, 2.45) is 4.99 Å². The first-order chi connectivity index (χ1) is 13.2. The van der Waals surface area contributed by atoms with Crippen LogP contribution in [0.15, 0.2) is 64.8 Å². The van der Waals surface area contributed by atoms with Gasteiger partial charge in [0, 0.05) is 31.3 Å². The highest BCUT2D eigenvalue weighted by Gasteiger charge is 2.16. The van der Waals surface area contributed by atoms with Gasteiger partial charge in [0.2, 0.25) is 0 Å². The molecule has 0 saturated carbocycles. The third kappa shape index (κ3) is 9.27. The van der Waals surface area contributed by atoms with Crippen LogP contribution >= 0.6 is 20.8 Å². The van der Waals surface area contributed by atoms with Crippen molar-refractivity contribution in [1.82, 2.24) is 10.6 Å². The number of hydrogen-bond acceptors (Lipinski definition) is 3. The average molecular weight is 426 g/mol. The van der Waals surface area contributed by atoms with Crippen molar-refractivity contribution in [3.05, 3.63) is 65.4 Å². The van der Waals surface area contributed by atoms with E-state index in [-0.39, 0.29) is 5.88 Å². The Labute approximate surface area is 173 Å². The molecule has 0 saturated heterocycles. The van der Waals surface area contributed by atoms with Gasteiger partial charge in [-0.3, -0.25) is 0 Å². The fourth-order valence-electron chi connectivity index (χ4n) is 2.13. The van der Waals surface area contributed by atoms with Crippen LogP contribution in [-0.4, -0.2) is 37.3 Å². The van der Waals surface area contributed by atoms with E-state index in [0.717, 1.165) is 5.57 Å². The Balaban J connectivity index is 2.79. The van der Waals surface area contributed by atoms with Crippen LogP contribution in [0.1, 0.15) is 19.4 Å². The summed E-state index contributed by atoms with van der Waals surface area (Å²) in [5.41, 5.74) is 0.787. The molecule has 0 aliphatic carbocycles. The molecule has 2 unspecified atom stereocenters. The summed E-state index contributed by atoms with van der Waals surface area (Å²) in [5.74, 6) is 0.518. The van der Waals surface area contributed by atoms with Crippen molar-refractivity contribution in [3.8, 4) is 5.75 Å². The lowest BCUT2D eigenvalue weighted by Crippen LogP contribution is -2.21. The molecule has 2 amide bonds. The van der Waals surface area contributed by atoms with Gasteiger partial charge in [-0.1, -0.05) is 40.1 Å². The van der Waals surface area contributed by atoms with Gasteiger partial charge < -0.3 is 15.4 Å². The number of allylic oxidation sites excluding steroid dienone is 2. The van der Waals surface area contributed by atoms with Crippen LogP contribution in [0.25, 0.3) is 0 Å². The molecular weight excluding hydrogens is 400 g/mol. The van der Waals surface area contributed by atoms with E-state index >= 15 is 0 Å². The molecule has 0 bridgehead atoms. The molecule has 0 aliphatic rings. The number of nitrogens with one attached hydrogen (secondary N) is 2. The Hall–Kier alpha value is -2.01. The second-order valence-electron chi connectivity index (χ2n) is 6.02.